The Bertz CT molecular complexity index is 624. The van der Waals surface area contributed by atoms with Crippen LogP contribution in [0.2, 0.25) is 0 Å². The number of aromatic nitrogens is 2. The van der Waals surface area contributed by atoms with Crippen LogP contribution < -0.4 is 5.73 Å². The van der Waals surface area contributed by atoms with E-state index in [0.29, 0.717) is 23.5 Å². The molecule has 1 amide bonds. The van der Waals surface area contributed by atoms with Crippen molar-refractivity contribution in [3.63, 3.8) is 0 Å². The van der Waals surface area contributed by atoms with Gasteiger partial charge in [-0.2, -0.15) is 0 Å². The molecule has 0 bridgehead atoms. The minimum Gasteiger partial charge on any atom is -0.399 e. The third kappa shape index (κ3) is 3.58. The van der Waals surface area contributed by atoms with Crippen molar-refractivity contribution in [1.82, 2.24) is 14.5 Å². The first-order valence-electron chi connectivity index (χ1n) is 6.99. The van der Waals surface area contributed by atoms with Gasteiger partial charge >= 0.3 is 0 Å². The second-order valence-electron chi connectivity index (χ2n) is 5.17. The lowest BCUT2D eigenvalue weighted by atomic mass is 10.1. The largest absolute Gasteiger partial charge is 0.399 e. The van der Waals surface area contributed by atoms with Gasteiger partial charge in [-0.1, -0.05) is 23.5 Å². The molecule has 0 unspecified atom stereocenters. The highest BCUT2D eigenvalue weighted by molar-refractivity contribution is 7.08. The molecular weight excluding hydrogens is 284 g/mol. The van der Waals surface area contributed by atoms with E-state index in [-0.39, 0.29) is 11.9 Å². The Balaban J connectivity index is 2.25. The van der Waals surface area contributed by atoms with Crippen molar-refractivity contribution >= 4 is 23.1 Å². The van der Waals surface area contributed by atoms with Gasteiger partial charge in [-0.05, 0) is 49.5 Å². The fraction of sp³-hybridized carbons (Fsp3) is 0.400. The van der Waals surface area contributed by atoms with E-state index in [1.165, 1.54) is 0 Å². The highest BCUT2D eigenvalue weighted by Crippen LogP contribution is 2.19. The zero-order valence-corrected chi connectivity index (χ0v) is 13.4. The molecule has 0 aliphatic rings. The zero-order valence-electron chi connectivity index (χ0n) is 12.5. The summed E-state index contributed by atoms with van der Waals surface area (Å²) in [6, 6.07) is 7.71. The van der Waals surface area contributed by atoms with E-state index in [9.17, 15) is 4.79 Å². The van der Waals surface area contributed by atoms with E-state index >= 15 is 0 Å². The van der Waals surface area contributed by atoms with Crippen molar-refractivity contribution in [3.05, 3.63) is 40.4 Å². The lowest BCUT2D eigenvalue weighted by molar-refractivity contribution is 0.0694. The maximum Gasteiger partial charge on any atom is 0.268 e. The van der Waals surface area contributed by atoms with Gasteiger partial charge in [-0.15, -0.1) is 5.10 Å². The van der Waals surface area contributed by atoms with Crippen LogP contribution in [0.15, 0.2) is 24.3 Å². The summed E-state index contributed by atoms with van der Waals surface area (Å²) in [5, 5.41) is 4.02. The fourth-order valence-electron chi connectivity index (χ4n) is 2.11. The average molecular weight is 304 g/mol. The Morgan fingerprint density at radius 1 is 1.43 bits per heavy atom. The molecule has 0 fully saturated rings. The van der Waals surface area contributed by atoms with Crippen LogP contribution in [0.25, 0.3) is 0 Å². The molecule has 0 saturated heterocycles. The molecule has 0 aliphatic heterocycles. The van der Waals surface area contributed by atoms with E-state index in [0.717, 1.165) is 22.8 Å². The van der Waals surface area contributed by atoms with Crippen LogP contribution in [-0.2, 0) is 13.0 Å². The first-order valence-corrected chi connectivity index (χ1v) is 7.76. The molecule has 0 atom stereocenters. The van der Waals surface area contributed by atoms with E-state index in [4.69, 9.17) is 5.73 Å². The van der Waals surface area contributed by atoms with Gasteiger partial charge in [-0.25, -0.2) is 0 Å². The van der Waals surface area contributed by atoms with E-state index in [2.05, 4.69) is 9.59 Å². The topological polar surface area (TPSA) is 72.1 Å². The first kappa shape index (κ1) is 15.4. The summed E-state index contributed by atoms with van der Waals surface area (Å²) in [4.78, 5) is 15.2. The summed E-state index contributed by atoms with van der Waals surface area (Å²) in [6.45, 7) is 6.52. The van der Waals surface area contributed by atoms with Gasteiger partial charge in [0.2, 0.25) is 0 Å². The molecule has 1 aromatic heterocycles. The monoisotopic (exact) mass is 304 g/mol. The molecule has 2 rings (SSSR count). The number of amides is 1. The third-order valence-corrected chi connectivity index (χ3v) is 4.03. The molecule has 2 aromatic rings. The molecule has 0 radical (unpaired) electrons. The highest BCUT2D eigenvalue weighted by Gasteiger charge is 2.24. The maximum absolute atomic E-state index is 12.7. The molecule has 6 heteroatoms. The first-order chi connectivity index (χ1) is 10.0. The van der Waals surface area contributed by atoms with Gasteiger partial charge in [0.05, 0.1) is 5.69 Å². The molecule has 1 aromatic carbocycles. The Hall–Kier alpha value is -1.95. The van der Waals surface area contributed by atoms with Gasteiger partial charge in [0, 0.05) is 18.3 Å². The van der Waals surface area contributed by atoms with Crippen molar-refractivity contribution in [3.8, 4) is 0 Å². The summed E-state index contributed by atoms with van der Waals surface area (Å²) < 4.78 is 3.90. The number of carbonyl (C=O) groups excluding carboxylic acids is 1. The maximum atomic E-state index is 12.7. The number of carbonyl (C=O) groups is 1. The summed E-state index contributed by atoms with van der Waals surface area (Å²) >= 11 is 1.16. The standard InChI is InChI=1S/C15H20N4OS/c1-4-13-14(21-18-17-13)15(20)19(10(2)3)9-11-6-5-7-12(16)8-11/h5-8,10H,4,9,16H2,1-3H3. The van der Waals surface area contributed by atoms with Gasteiger partial charge in [0.1, 0.15) is 4.88 Å². The smallest absolute Gasteiger partial charge is 0.268 e. The molecule has 112 valence electrons. The normalized spacial score (nSPS) is 10.9. The number of rotatable bonds is 5. The van der Waals surface area contributed by atoms with Gasteiger partial charge in [0.25, 0.3) is 5.91 Å². The van der Waals surface area contributed by atoms with Crippen LogP contribution >= 0.6 is 11.5 Å². The molecule has 0 saturated carbocycles. The Kier molecular flexibility index (Phi) is 4.90. The van der Waals surface area contributed by atoms with Gasteiger partial charge < -0.3 is 10.6 Å². The second-order valence-corrected chi connectivity index (χ2v) is 5.93. The zero-order chi connectivity index (χ0) is 15.4. The van der Waals surface area contributed by atoms with Crippen LogP contribution in [0.3, 0.4) is 0 Å². The Morgan fingerprint density at radius 2 is 2.19 bits per heavy atom. The molecule has 21 heavy (non-hydrogen) atoms. The fourth-order valence-corrected chi connectivity index (χ4v) is 2.82. The van der Waals surface area contributed by atoms with Crippen molar-refractivity contribution < 1.29 is 4.79 Å². The predicted octanol–water partition coefficient (Wildman–Crippen LogP) is 2.73. The Morgan fingerprint density at radius 3 is 2.81 bits per heavy atom. The lowest BCUT2D eigenvalue weighted by Gasteiger charge is -2.26. The number of hydrogen-bond acceptors (Lipinski definition) is 5. The van der Waals surface area contributed by atoms with Crippen molar-refractivity contribution in [2.75, 3.05) is 5.73 Å². The molecule has 0 aliphatic carbocycles. The van der Waals surface area contributed by atoms with E-state index in [1.54, 1.807) is 0 Å². The van der Waals surface area contributed by atoms with Gasteiger partial charge in [0.15, 0.2) is 0 Å². The highest BCUT2D eigenvalue weighted by atomic mass is 32.1. The number of anilines is 1. The SMILES string of the molecule is CCc1nnsc1C(=O)N(Cc1cccc(N)c1)C(C)C. The quantitative estimate of drug-likeness (QED) is 0.862. The number of nitrogens with two attached hydrogens (primary N) is 1. The van der Waals surface area contributed by atoms with Crippen LogP contribution in [0, 0.1) is 0 Å². The van der Waals surface area contributed by atoms with Crippen LogP contribution in [0.5, 0.6) is 0 Å². The van der Waals surface area contributed by atoms with Crippen LogP contribution in [-0.4, -0.2) is 26.4 Å². The second kappa shape index (κ2) is 6.67. The number of nitrogens with zero attached hydrogens (tertiary/aromatic N) is 3. The molecule has 1 heterocycles. The number of hydrogen-bond donors (Lipinski definition) is 1. The van der Waals surface area contributed by atoms with Gasteiger partial charge in [-0.3, -0.25) is 4.79 Å². The minimum atomic E-state index is -0.0146. The summed E-state index contributed by atoms with van der Waals surface area (Å²) in [5.74, 6) is -0.0146. The summed E-state index contributed by atoms with van der Waals surface area (Å²) in [6.07, 6.45) is 0.710. The van der Waals surface area contributed by atoms with E-state index in [1.807, 2.05) is 49.9 Å². The number of nitrogen functional groups attached to an aromatic ring is 1. The molecule has 2 N–H and O–H groups in total. The molecular formula is C15H20N4OS. The van der Waals surface area contributed by atoms with E-state index < -0.39 is 0 Å². The van der Waals surface area contributed by atoms with Crippen molar-refractivity contribution in [2.24, 2.45) is 0 Å². The van der Waals surface area contributed by atoms with Crippen molar-refractivity contribution in [2.45, 2.75) is 39.8 Å². The van der Waals surface area contributed by atoms with Crippen molar-refractivity contribution in [1.29, 1.82) is 0 Å². The van der Waals surface area contributed by atoms with Crippen LogP contribution in [0.1, 0.15) is 41.7 Å². The molecule has 0 spiro atoms. The lowest BCUT2D eigenvalue weighted by Crippen LogP contribution is -2.36. The predicted molar refractivity (Wildman–Crippen MR) is 85.2 cm³/mol. The molecule has 5 nitrogen and oxygen atoms in total. The minimum absolute atomic E-state index is 0.0146. The summed E-state index contributed by atoms with van der Waals surface area (Å²) in [5.41, 5.74) is 8.30. The van der Waals surface area contributed by atoms with Crippen LogP contribution in [0.4, 0.5) is 5.69 Å². The number of benzene rings is 1. The third-order valence-electron chi connectivity index (χ3n) is 3.27. The number of aryl methyl sites for hydroxylation is 1. The average Bonchev–Trinajstić information content (AvgIpc) is 2.92. The Labute approximate surface area is 128 Å². The summed E-state index contributed by atoms with van der Waals surface area (Å²) in [7, 11) is 0.